The highest BCUT2D eigenvalue weighted by molar-refractivity contribution is 5.82. The molecule has 0 saturated heterocycles. The van der Waals surface area contributed by atoms with Crippen molar-refractivity contribution in [2.24, 2.45) is 0 Å². The van der Waals surface area contributed by atoms with Crippen molar-refractivity contribution in [3.05, 3.63) is 132 Å². The van der Waals surface area contributed by atoms with Crippen molar-refractivity contribution >= 4 is 44.9 Å². The third-order valence-electron chi connectivity index (χ3n) is 6.75. The molecule has 7 heteroatoms. The highest BCUT2D eigenvalue weighted by atomic mass is 16.4. The number of fused-ring (bicyclic) bond motifs is 2. The average Bonchev–Trinajstić information content (AvgIpc) is 3.66. The molecule has 0 spiro atoms. The maximum Gasteiger partial charge on any atom is 0.227 e. The van der Waals surface area contributed by atoms with Gasteiger partial charge in [0.15, 0.2) is 16.9 Å². The van der Waals surface area contributed by atoms with Gasteiger partial charge in [-0.2, -0.15) is 5.26 Å². The van der Waals surface area contributed by atoms with Crippen LogP contribution < -0.4 is 4.90 Å². The van der Waals surface area contributed by atoms with E-state index in [0.717, 1.165) is 44.7 Å². The van der Waals surface area contributed by atoms with Crippen molar-refractivity contribution in [2.45, 2.75) is 0 Å². The lowest BCUT2D eigenvalue weighted by Gasteiger charge is -2.26. The molecule has 0 amide bonds. The molecule has 2 aromatic heterocycles. The van der Waals surface area contributed by atoms with Crippen LogP contribution in [0.3, 0.4) is 0 Å². The molecule has 41 heavy (non-hydrogen) atoms. The molecule has 192 valence electrons. The summed E-state index contributed by atoms with van der Waals surface area (Å²) in [7, 11) is 0. The van der Waals surface area contributed by atoms with Gasteiger partial charge >= 0.3 is 0 Å². The number of nitrogens with zero attached hydrogens (tertiary/aromatic N) is 5. The monoisotopic (exact) mass is 529 g/mol. The van der Waals surface area contributed by atoms with Crippen molar-refractivity contribution < 1.29 is 8.83 Å². The zero-order chi connectivity index (χ0) is 27.8. The van der Waals surface area contributed by atoms with Crippen molar-refractivity contribution in [3.63, 3.8) is 0 Å². The fourth-order valence-electron chi connectivity index (χ4n) is 4.80. The minimum atomic E-state index is 0.384. The van der Waals surface area contributed by atoms with Crippen molar-refractivity contribution in [2.75, 3.05) is 4.90 Å². The van der Waals surface area contributed by atoms with Gasteiger partial charge in [-0.3, -0.25) is 0 Å². The maximum atomic E-state index is 9.64. The minimum Gasteiger partial charge on any atom is -0.436 e. The summed E-state index contributed by atoms with van der Waals surface area (Å²) in [5.41, 5.74) is 7.89. The van der Waals surface area contributed by atoms with Gasteiger partial charge in [-0.25, -0.2) is 14.8 Å². The first-order valence-electron chi connectivity index (χ1n) is 12.8. The largest absolute Gasteiger partial charge is 0.436 e. The van der Waals surface area contributed by atoms with Crippen LogP contribution >= 0.6 is 0 Å². The predicted octanol–water partition coefficient (Wildman–Crippen LogP) is 9.20. The molecule has 0 bridgehead atoms. The molecule has 0 radical (unpaired) electrons. The summed E-state index contributed by atoms with van der Waals surface area (Å²) in [4.78, 5) is 14.8. The molecule has 0 fully saturated rings. The SMILES string of the molecule is [C-]#[N+]c1cc(C#N)cc(N(c2ccc(-c3nc4ccccc4o3)cc2)c2ccc(-c3nc4ccccc4o3)cc2)c1. The molecule has 0 atom stereocenters. The number of hydrogen-bond donors (Lipinski definition) is 0. The van der Waals surface area contributed by atoms with E-state index in [4.69, 9.17) is 15.4 Å². The van der Waals surface area contributed by atoms with Gasteiger partial charge in [-0.1, -0.05) is 24.3 Å². The zero-order valence-electron chi connectivity index (χ0n) is 21.5. The van der Waals surface area contributed by atoms with E-state index in [1.807, 2.05) is 102 Å². The Balaban J connectivity index is 1.30. The molecule has 7 aromatic rings. The third-order valence-corrected chi connectivity index (χ3v) is 6.75. The second-order valence-electron chi connectivity index (χ2n) is 9.36. The van der Waals surface area contributed by atoms with Gasteiger partial charge in [0.1, 0.15) is 11.0 Å². The molecule has 0 aliphatic carbocycles. The molecule has 5 aromatic carbocycles. The van der Waals surface area contributed by atoms with Crippen LogP contribution in [0.5, 0.6) is 0 Å². The summed E-state index contributed by atoms with van der Waals surface area (Å²) >= 11 is 0. The molecule has 0 saturated carbocycles. The van der Waals surface area contributed by atoms with Crippen LogP contribution in [0, 0.1) is 17.9 Å². The topological polar surface area (TPSA) is 83.5 Å². The molecule has 7 rings (SSSR count). The summed E-state index contributed by atoms with van der Waals surface area (Å²) in [6.45, 7) is 7.56. The quantitative estimate of drug-likeness (QED) is 0.207. The predicted molar refractivity (Wildman–Crippen MR) is 158 cm³/mol. The lowest BCUT2D eigenvalue weighted by atomic mass is 10.1. The molecule has 0 N–H and O–H groups in total. The molecule has 0 unspecified atom stereocenters. The van der Waals surface area contributed by atoms with Crippen LogP contribution in [-0.2, 0) is 0 Å². The summed E-state index contributed by atoms with van der Waals surface area (Å²) in [5.74, 6) is 1.07. The fraction of sp³-hybridized carbons (Fsp3) is 0. The minimum absolute atomic E-state index is 0.384. The highest BCUT2D eigenvalue weighted by Gasteiger charge is 2.17. The van der Waals surface area contributed by atoms with Gasteiger partial charge < -0.3 is 13.7 Å². The van der Waals surface area contributed by atoms with Gasteiger partial charge in [-0.05, 0) is 91.0 Å². The fourth-order valence-corrected chi connectivity index (χ4v) is 4.80. The van der Waals surface area contributed by atoms with E-state index in [1.54, 1.807) is 18.2 Å². The van der Waals surface area contributed by atoms with E-state index in [2.05, 4.69) is 20.9 Å². The second kappa shape index (κ2) is 9.85. The van der Waals surface area contributed by atoms with Crippen LogP contribution in [0.4, 0.5) is 22.7 Å². The number of benzene rings is 5. The molecular weight excluding hydrogens is 510 g/mol. The third kappa shape index (κ3) is 4.44. The first kappa shape index (κ1) is 23.9. The van der Waals surface area contributed by atoms with E-state index in [1.165, 1.54) is 0 Å². The van der Waals surface area contributed by atoms with E-state index in [9.17, 15) is 5.26 Å². The molecule has 0 aliphatic heterocycles. The van der Waals surface area contributed by atoms with Crippen LogP contribution in [0.1, 0.15) is 5.56 Å². The van der Waals surface area contributed by atoms with Crippen molar-refractivity contribution in [1.29, 1.82) is 5.26 Å². The van der Waals surface area contributed by atoms with E-state index in [0.29, 0.717) is 28.7 Å². The molecule has 7 nitrogen and oxygen atoms in total. The van der Waals surface area contributed by atoms with Gasteiger partial charge in [0.25, 0.3) is 0 Å². The van der Waals surface area contributed by atoms with Crippen LogP contribution in [0.2, 0.25) is 0 Å². The van der Waals surface area contributed by atoms with E-state index < -0.39 is 0 Å². The smallest absolute Gasteiger partial charge is 0.227 e. The van der Waals surface area contributed by atoms with E-state index >= 15 is 0 Å². The van der Waals surface area contributed by atoms with Gasteiger partial charge in [0.05, 0.1) is 12.6 Å². The second-order valence-corrected chi connectivity index (χ2v) is 9.36. The number of nitriles is 1. The number of aromatic nitrogens is 2. The Morgan fingerprint density at radius 3 is 1.61 bits per heavy atom. The summed E-state index contributed by atoms with van der Waals surface area (Å²) in [6.07, 6.45) is 0. The number of para-hydroxylation sites is 4. The van der Waals surface area contributed by atoms with Crippen LogP contribution in [0.15, 0.2) is 124 Å². The van der Waals surface area contributed by atoms with E-state index in [-0.39, 0.29) is 0 Å². The molecule has 2 heterocycles. The Morgan fingerprint density at radius 2 is 1.15 bits per heavy atom. The van der Waals surface area contributed by atoms with Gasteiger partial charge in [0, 0.05) is 33.8 Å². The van der Waals surface area contributed by atoms with Gasteiger partial charge in [-0.15, -0.1) is 0 Å². The normalized spacial score (nSPS) is 10.9. The standard InChI is InChI=1S/C34H19N5O2/c1-36-25-18-22(21-35)19-28(20-25)39(26-14-10-23(11-15-26)33-37-29-6-2-4-8-31(29)40-33)27-16-12-24(13-17-27)34-38-30-7-3-5-9-32(30)41-34/h2-20H. The molecule has 0 aliphatic rings. The first-order valence-corrected chi connectivity index (χ1v) is 12.8. The Labute approximate surface area is 235 Å². The number of oxazole rings is 2. The molecular formula is C34H19N5O2. The average molecular weight is 530 g/mol. The first-order chi connectivity index (χ1) is 20.2. The summed E-state index contributed by atoms with van der Waals surface area (Å²) in [6, 6.07) is 38.3. The van der Waals surface area contributed by atoms with Crippen molar-refractivity contribution in [1.82, 2.24) is 9.97 Å². The Kier molecular flexibility index (Phi) is 5.74. The summed E-state index contributed by atoms with van der Waals surface area (Å²) in [5, 5.41) is 9.64. The Morgan fingerprint density at radius 1 is 0.634 bits per heavy atom. The maximum absolute atomic E-state index is 9.64. The number of hydrogen-bond acceptors (Lipinski definition) is 6. The van der Waals surface area contributed by atoms with Crippen LogP contribution in [-0.4, -0.2) is 9.97 Å². The van der Waals surface area contributed by atoms with Gasteiger partial charge in [0.2, 0.25) is 11.8 Å². The lowest BCUT2D eigenvalue weighted by molar-refractivity contribution is 0.619. The Hall–Kier alpha value is -6.18. The van der Waals surface area contributed by atoms with Crippen molar-refractivity contribution in [3.8, 4) is 29.0 Å². The zero-order valence-corrected chi connectivity index (χ0v) is 21.5. The number of rotatable bonds is 5. The lowest BCUT2D eigenvalue weighted by Crippen LogP contribution is -2.10. The highest BCUT2D eigenvalue weighted by Crippen LogP contribution is 2.39. The van der Waals surface area contributed by atoms with Crippen LogP contribution in [0.25, 0.3) is 50.0 Å². The number of anilines is 3. The summed E-state index contributed by atoms with van der Waals surface area (Å²) < 4.78 is 11.9. The Bertz CT molecular complexity index is 1910.